The third-order valence-electron chi connectivity index (χ3n) is 28.6. The van der Waals surface area contributed by atoms with Crippen LogP contribution in [0.15, 0.2) is 72.8 Å². The molecule has 6 saturated carbocycles. The molecule has 0 bridgehead atoms. The van der Waals surface area contributed by atoms with E-state index in [0.29, 0.717) is 67.4 Å². The molecule has 22 nitrogen and oxygen atoms in total. The zero-order valence-electron chi connectivity index (χ0n) is 64.9. The van der Waals surface area contributed by atoms with E-state index in [1.807, 2.05) is 48.5 Å². The molecule has 0 spiro atoms. The molecule has 18 rings (SSSR count). The molecule has 22 heteroatoms. The first-order chi connectivity index (χ1) is 53.7. The normalized spacial score (nSPS) is 28.5. The van der Waals surface area contributed by atoms with Crippen LogP contribution in [-0.4, -0.2) is 247 Å². The average Bonchev–Trinajstić information content (AvgIpc) is 1.64. The van der Waals surface area contributed by atoms with Crippen molar-refractivity contribution in [2.75, 3.05) is 96.7 Å². The molecule has 9 aliphatic heterocycles. The summed E-state index contributed by atoms with van der Waals surface area (Å²) < 4.78 is 16.8. The van der Waals surface area contributed by atoms with Crippen LogP contribution < -0.4 is 20.9 Å². The van der Waals surface area contributed by atoms with Gasteiger partial charge < -0.3 is 59.6 Å². The second-order valence-corrected chi connectivity index (χ2v) is 35.1. The lowest BCUT2D eigenvalue weighted by Crippen LogP contribution is -2.55. The van der Waals surface area contributed by atoms with Gasteiger partial charge in [-0.05, 0) is 237 Å². The maximum Gasteiger partial charge on any atom is 0.251 e. The summed E-state index contributed by atoms with van der Waals surface area (Å²) in [6.45, 7) is 10.8. The van der Waals surface area contributed by atoms with Crippen LogP contribution in [0.2, 0.25) is 0 Å². The number of fused-ring (bicyclic) bond motifs is 3. The Hall–Kier alpha value is -6.95. The van der Waals surface area contributed by atoms with E-state index < -0.39 is 36.3 Å². The van der Waals surface area contributed by atoms with Crippen molar-refractivity contribution in [2.24, 2.45) is 17.8 Å². The Morgan fingerprint density at radius 1 is 0.309 bits per heavy atom. The molecular formula is C88H120N10O12. The van der Waals surface area contributed by atoms with E-state index in [1.54, 1.807) is 14.7 Å². The van der Waals surface area contributed by atoms with E-state index in [0.717, 1.165) is 127 Å². The van der Waals surface area contributed by atoms with Crippen LogP contribution >= 0.6 is 0 Å². The Morgan fingerprint density at radius 3 is 0.909 bits per heavy atom. The van der Waals surface area contributed by atoms with Crippen molar-refractivity contribution in [3.05, 3.63) is 101 Å². The van der Waals surface area contributed by atoms with Crippen molar-refractivity contribution in [2.45, 2.75) is 277 Å². The number of amides is 6. The molecule has 9 heterocycles. The number of nitrogens with one attached hydrogen (secondary N) is 3. The first kappa shape index (κ1) is 77.0. The van der Waals surface area contributed by atoms with E-state index in [9.17, 15) is 43.2 Å². The number of Topliss-reactive ketones (excluding diaryl/α,β-unsaturated/α-hetero) is 3. The molecule has 6 aliphatic carbocycles. The lowest BCUT2D eigenvalue weighted by Gasteiger charge is -2.43. The zero-order chi connectivity index (χ0) is 75.4. The molecule has 15 fully saturated rings. The fraction of sp³-hybridized carbons (Fsp3) is 0.693. The number of benzene rings is 3. The molecule has 594 valence electrons. The van der Waals surface area contributed by atoms with Crippen LogP contribution in [0, 0.1) is 17.8 Å². The maximum absolute atomic E-state index is 13.8. The Labute approximate surface area is 650 Å². The van der Waals surface area contributed by atoms with E-state index in [-0.39, 0.29) is 109 Å². The van der Waals surface area contributed by atoms with Crippen molar-refractivity contribution in [3.63, 3.8) is 0 Å². The number of likely N-dealkylation sites (tertiary alicyclic amines) is 5. The largest absolute Gasteiger partial charge is 0.369 e. The van der Waals surface area contributed by atoms with E-state index in [2.05, 4.69) is 59.8 Å². The molecule has 15 aliphatic rings. The molecule has 0 aromatic heterocycles. The monoisotopic (exact) mass is 1510 g/mol. The number of rotatable bonds is 18. The van der Waals surface area contributed by atoms with Gasteiger partial charge in [0.25, 0.3) is 17.7 Å². The Balaban J connectivity index is 0.000000125. The summed E-state index contributed by atoms with van der Waals surface area (Å²) in [5, 5.41) is 9.33. The predicted octanol–water partition coefficient (Wildman–Crippen LogP) is 9.55. The van der Waals surface area contributed by atoms with Gasteiger partial charge in [-0.15, -0.1) is 0 Å². The highest BCUT2D eigenvalue weighted by molar-refractivity contribution is 6.02. The number of piperidine rings is 2. The van der Waals surface area contributed by atoms with Gasteiger partial charge >= 0.3 is 0 Å². The Bertz CT molecular complexity index is 3570. The fourth-order valence-electron chi connectivity index (χ4n) is 21.4. The predicted molar refractivity (Wildman–Crippen MR) is 417 cm³/mol. The number of ketones is 3. The first-order valence-electron chi connectivity index (χ1n) is 43.3. The number of ether oxygens (including phenoxy) is 3. The third kappa shape index (κ3) is 17.3. The van der Waals surface area contributed by atoms with Crippen molar-refractivity contribution in [3.8, 4) is 0 Å². The molecule has 6 amide bonds. The number of carbonyl (C=O) groups excluding carboxylic acids is 9. The van der Waals surface area contributed by atoms with Gasteiger partial charge in [-0.1, -0.05) is 94.9 Å². The molecule has 3 aromatic carbocycles. The molecule has 0 unspecified atom stereocenters. The fourth-order valence-corrected chi connectivity index (χ4v) is 21.4. The highest BCUT2D eigenvalue weighted by Crippen LogP contribution is 2.40. The molecule has 0 radical (unpaired) electrons. The van der Waals surface area contributed by atoms with Gasteiger partial charge in [0, 0.05) is 86.3 Å². The van der Waals surface area contributed by atoms with E-state index in [1.165, 1.54) is 134 Å². The lowest BCUT2D eigenvalue weighted by molar-refractivity contribution is -0.139. The smallest absolute Gasteiger partial charge is 0.251 e. The van der Waals surface area contributed by atoms with Crippen LogP contribution in [0.5, 0.6) is 0 Å². The summed E-state index contributed by atoms with van der Waals surface area (Å²) in [7, 11) is 0. The second-order valence-electron chi connectivity index (χ2n) is 35.1. The first-order valence-corrected chi connectivity index (χ1v) is 43.3. The standard InChI is InChI=1S/C30H41N3O4.C29H40N4O4.C29H39N3O4/c34-25-19-37-26-15-18-33(28(25)26)30(36)27(22-5-2-1-3-6-22)31-29(35)23-11-9-20(10-12-23)21-13-16-32(17-14-21)24-7-4-8-24;34-24-19-37-25-13-14-33(27(24)25)29(36)26(20-5-2-1-3-6-20)30-28(35)21-9-11-23(12-10-21)32-17-15-31(16-18-32)22-7-4-8-22;33-24-18-36-25-14-17-32(27(24)25)29(35)26(21-4-2-1-3-5-21)30-28(34)22-8-6-19(7-9-22)20-12-15-31(16-13-20)23-10-11-23/h9-12,21-22,24,26-28H,1-8,13-19H2,(H,31,35);9-12,20,22,25-27H,1-8,13-19H2,(H,30,35);6-9,20-21,23,25-27H,1-5,10-18H2,(H,30,34)/t26-,27+,28-;2*25-,26+,27-/m111/s1. The van der Waals surface area contributed by atoms with Gasteiger partial charge in [0.2, 0.25) is 17.7 Å². The summed E-state index contributed by atoms with van der Waals surface area (Å²) in [6.07, 6.45) is 32.7. The molecular weight excluding hydrogens is 1390 g/mol. The summed E-state index contributed by atoms with van der Waals surface area (Å²) in [5.74, 6) is 0.452. The summed E-state index contributed by atoms with van der Waals surface area (Å²) in [5.41, 5.74) is 5.54. The van der Waals surface area contributed by atoms with Crippen LogP contribution in [0.4, 0.5) is 5.69 Å². The van der Waals surface area contributed by atoms with E-state index >= 15 is 0 Å². The summed E-state index contributed by atoms with van der Waals surface area (Å²) in [4.78, 5) is 134. The molecule has 3 aromatic rings. The topological polar surface area (TPSA) is 240 Å². The Kier molecular flexibility index (Phi) is 24.6. The summed E-state index contributed by atoms with van der Waals surface area (Å²) >= 11 is 0. The molecule has 9 saturated heterocycles. The number of nitrogens with zero attached hydrogens (tertiary/aromatic N) is 7. The van der Waals surface area contributed by atoms with Crippen molar-refractivity contribution in [1.82, 2.24) is 45.3 Å². The molecule has 3 N–H and O–H groups in total. The minimum atomic E-state index is -0.598. The van der Waals surface area contributed by atoms with Gasteiger partial charge in [-0.2, -0.15) is 0 Å². The highest BCUT2D eigenvalue weighted by Gasteiger charge is 2.53. The van der Waals surface area contributed by atoms with Crippen molar-refractivity contribution < 1.29 is 57.4 Å². The van der Waals surface area contributed by atoms with Crippen LogP contribution in [0.1, 0.15) is 247 Å². The SMILES string of the molecule is O=C(N[C@H](C(=O)N1CC[C@H]2OCC(=O)[C@H]21)C1CCCCC1)c1ccc(C2CCN(C3CC3)CC2)cc1.O=C(N[C@H](C(=O)N1CC[C@H]2OCC(=O)[C@H]21)C1CCCCC1)c1ccc(C2CCN(C3CCC3)CC2)cc1.O=C(N[C@H](C(=O)N1CC[C@H]2OCC(=O)[C@H]21)C1CCCCC1)c1ccc(N2CCN(C3CCC3)CC2)cc1. The van der Waals surface area contributed by atoms with Gasteiger partial charge in [0.05, 0.1) is 18.3 Å². The second kappa shape index (κ2) is 35.2. The van der Waals surface area contributed by atoms with Crippen molar-refractivity contribution in [1.29, 1.82) is 0 Å². The maximum atomic E-state index is 13.8. The van der Waals surface area contributed by atoms with Crippen molar-refractivity contribution >= 4 is 58.5 Å². The average molecular weight is 1510 g/mol. The minimum Gasteiger partial charge on any atom is -0.369 e. The highest BCUT2D eigenvalue weighted by atomic mass is 16.5. The quantitative estimate of drug-likeness (QED) is 0.107. The minimum absolute atomic E-state index is 0.0151. The number of carbonyl (C=O) groups is 9. The summed E-state index contributed by atoms with van der Waals surface area (Å²) in [6, 6.07) is 23.1. The third-order valence-corrected chi connectivity index (χ3v) is 28.6. The van der Waals surface area contributed by atoms with Crippen LogP contribution in [0.3, 0.4) is 0 Å². The number of piperazine rings is 1. The number of anilines is 1. The zero-order valence-corrected chi connectivity index (χ0v) is 64.9. The molecule has 110 heavy (non-hydrogen) atoms. The van der Waals surface area contributed by atoms with Gasteiger partial charge in [0.1, 0.15) is 56.1 Å². The molecule has 9 atom stereocenters. The van der Waals surface area contributed by atoms with Gasteiger partial charge in [0.15, 0.2) is 17.3 Å². The lowest BCUT2D eigenvalue weighted by atomic mass is 9.83. The van der Waals surface area contributed by atoms with Crippen LogP contribution in [-0.2, 0) is 43.0 Å². The number of hydrogen-bond acceptors (Lipinski definition) is 16. The Morgan fingerprint density at radius 2 is 0.609 bits per heavy atom. The van der Waals surface area contributed by atoms with Gasteiger partial charge in [-0.25, -0.2) is 0 Å². The van der Waals surface area contributed by atoms with E-state index in [4.69, 9.17) is 14.2 Å². The van der Waals surface area contributed by atoms with Crippen LogP contribution in [0.25, 0.3) is 0 Å². The van der Waals surface area contributed by atoms with Gasteiger partial charge in [-0.3, -0.25) is 48.1 Å². The number of hydrogen-bond donors (Lipinski definition) is 3.